The Morgan fingerprint density at radius 2 is 1.78 bits per heavy atom. The van der Waals surface area contributed by atoms with Gasteiger partial charge < -0.3 is 10.5 Å². The number of esters is 1. The number of nitrogens with zero attached hydrogens (tertiary/aromatic N) is 1. The van der Waals surface area contributed by atoms with Gasteiger partial charge in [-0.25, -0.2) is 30.3 Å². The second-order valence-corrected chi connectivity index (χ2v) is 10.7. The Kier molecular flexibility index (Phi) is 8.48. The molecule has 0 aliphatic rings. The highest BCUT2D eigenvalue weighted by molar-refractivity contribution is 9.10. The van der Waals surface area contributed by atoms with E-state index in [0.29, 0.717) is 4.47 Å². The number of halogens is 2. The normalized spacial score (nSPS) is 11.8. The third-order valence-corrected chi connectivity index (χ3v) is 8.05. The Morgan fingerprint density at radius 1 is 1.12 bits per heavy atom. The molecular weight excluding hydrogens is 546 g/mol. The Morgan fingerprint density at radius 3 is 2.38 bits per heavy atom. The molecule has 32 heavy (non-hydrogen) atoms. The van der Waals surface area contributed by atoms with Crippen molar-refractivity contribution in [2.75, 3.05) is 19.7 Å². The highest BCUT2D eigenvalue weighted by Crippen LogP contribution is 2.35. The van der Waals surface area contributed by atoms with Crippen molar-refractivity contribution in [1.29, 1.82) is 0 Å². The maximum absolute atomic E-state index is 13.5. The zero-order valence-corrected chi connectivity index (χ0v) is 20.9. The third-order valence-electron chi connectivity index (χ3n) is 4.30. The van der Waals surface area contributed by atoms with Crippen LogP contribution in [0.4, 0.5) is 0 Å². The molecule has 3 rings (SSSR count). The van der Waals surface area contributed by atoms with Crippen molar-refractivity contribution < 1.29 is 26.4 Å². The van der Waals surface area contributed by atoms with Crippen LogP contribution in [0.2, 0.25) is 0 Å². The van der Waals surface area contributed by atoms with E-state index in [-0.39, 0.29) is 47.9 Å². The van der Waals surface area contributed by atoms with Crippen LogP contribution in [-0.4, -0.2) is 46.5 Å². The van der Waals surface area contributed by atoms with Crippen molar-refractivity contribution in [2.45, 2.75) is 16.7 Å². The summed E-state index contributed by atoms with van der Waals surface area (Å²) in [4.78, 5) is 12.3. The number of nitrogens with one attached hydrogen (secondary N) is 1. The molecule has 0 amide bonds. The van der Waals surface area contributed by atoms with Crippen LogP contribution in [0.1, 0.15) is 17.4 Å². The molecule has 3 N–H and O–H groups in total. The number of benzene rings is 2. The number of hydrogen-bond acceptors (Lipinski definition) is 7. The van der Waals surface area contributed by atoms with Gasteiger partial charge >= 0.3 is 5.97 Å². The van der Waals surface area contributed by atoms with Gasteiger partial charge in [-0.1, -0.05) is 34.1 Å². The summed E-state index contributed by atoms with van der Waals surface area (Å²) >= 11 is 3.27. The Hall–Kier alpha value is -1.96. The summed E-state index contributed by atoms with van der Waals surface area (Å²) in [6.07, 6.45) is 0. The van der Waals surface area contributed by atoms with Crippen LogP contribution < -0.4 is 10.5 Å². The third kappa shape index (κ3) is 4.85. The number of sulfonamides is 1. The van der Waals surface area contributed by atoms with Gasteiger partial charge in [-0.15, -0.1) is 12.4 Å². The summed E-state index contributed by atoms with van der Waals surface area (Å²) in [7, 11) is -8.67. The fourth-order valence-corrected chi connectivity index (χ4v) is 6.44. The van der Waals surface area contributed by atoms with E-state index in [1.807, 2.05) is 0 Å². The second kappa shape index (κ2) is 10.3. The molecule has 0 unspecified atom stereocenters. The second-order valence-electron chi connectivity index (χ2n) is 6.33. The Bertz CT molecular complexity index is 1340. The predicted molar refractivity (Wildman–Crippen MR) is 126 cm³/mol. The molecule has 0 aliphatic carbocycles. The first-order valence-electron chi connectivity index (χ1n) is 9.16. The van der Waals surface area contributed by atoms with Gasteiger partial charge in [0.25, 0.3) is 10.0 Å². The lowest BCUT2D eigenvalue weighted by molar-refractivity contribution is 0.0514. The van der Waals surface area contributed by atoms with Crippen LogP contribution >= 0.6 is 28.3 Å². The summed E-state index contributed by atoms with van der Waals surface area (Å²) in [5.74, 6) is -1.08. The minimum Gasteiger partial charge on any atom is -0.461 e. The summed E-state index contributed by atoms with van der Waals surface area (Å²) in [5.41, 5.74) is 4.83. The quantitative estimate of drug-likeness (QED) is 0.400. The smallest absolute Gasteiger partial charge is 0.357 e. The molecule has 174 valence electrons. The molecule has 0 aliphatic heterocycles. The van der Waals surface area contributed by atoms with Crippen molar-refractivity contribution in [3.8, 4) is 0 Å². The highest BCUT2D eigenvalue weighted by Gasteiger charge is 2.36. The largest absolute Gasteiger partial charge is 0.461 e. The van der Waals surface area contributed by atoms with Crippen molar-refractivity contribution in [1.82, 2.24) is 8.69 Å². The minimum absolute atomic E-state index is 0. The lowest BCUT2D eigenvalue weighted by Gasteiger charge is -2.12. The van der Waals surface area contributed by atoms with Crippen LogP contribution in [0, 0.1) is 0 Å². The lowest BCUT2D eigenvalue weighted by atomic mass is 10.2. The van der Waals surface area contributed by atoms with E-state index in [1.54, 1.807) is 12.1 Å². The number of aromatic nitrogens is 1. The van der Waals surface area contributed by atoms with Gasteiger partial charge in [-0.2, -0.15) is 0 Å². The topological polar surface area (TPSA) is 138 Å². The molecule has 9 nitrogen and oxygen atoms in total. The summed E-state index contributed by atoms with van der Waals surface area (Å²) in [5, 5.41) is 0.0430. The van der Waals surface area contributed by atoms with E-state index >= 15 is 0 Å². The van der Waals surface area contributed by atoms with Crippen LogP contribution in [0.5, 0.6) is 0 Å². The van der Waals surface area contributed by atoms with E-state index < -0.39 is 36.6 Å². The zero-order valence-electron chi connectivity index (χ0n) is 16.8. The van der Waals surface area contributed by atoms with E-state index in [2.05, 4.69) is 20.7 Å². The average Bonchev–Trinajstić information content (AvgIpc) is 3.09. The first-order valence-corrected chi connectivity index (χ1v) is 12.9. The number of rotatable bonds is 8. The molecular formula is C19H21BrClN3O6S2. The minimum atomic E-state index is -4.35. The van der Waals surface area contributed by atoms with Gasteiger partial charge in [0.05, 0.1) is 17.0 Å². The van der Waals surface area contributed by atoms with E-state index in [9.17, 15) is 21.6 Å². The molecule has 13 heteroatoms. The van der Waals surface area contributed by atoms with Crippen LogP contribution in [-0.2, 0) is 24.8 Å². The number of fused-ring (bicyclic) bond motifs is 1. The summed E-state index contributed by atoms with van der Waals surface area (Å²) in [6.45, 7) is 1.37. The molecule has 0 fully saturated rings. The molecule has 3 aromatic rings. The average molecular weight is 567 g/mol. The molecule has 0 radical (unpaired) electrons. The van der Waals surface area contributed by atoms with Crippen LogP contribution in [0.15, 0.2) is 62.8 Å². The Balaban J connectivity index is 0.00000363. The van der Waals surface area contributed by atoms with E-state index in [1.165, 1.54) is 43.3 Å². The lowest BCUT2D eigenvalue weighted by Crippen LogP contribution is -2.31. The number of carbonyl (C=O) groups excluding carboxylic acids is 1. The Labute approximate surface area is 200 Å². The van der Waals surface area contributed by atoms with Crippen LogP contribution in [0.25, 0.3) is 10.9 Å². The van der Waals surface area contributed by atoms with E-state index in [4.69, 9.17) is 10.5 Å². The summed E-state index contributed by atoms with van der Waals surface area (Å²) < 4.78 is 61.9. The molecule has 0 bridgehead atoms. The first kappa shape index (κ1) is 26.3. The first-order chi connectivity index (χ1) is 14.6. The van der Waals surface area contributed by atoms with Crippen LogP contribution in [0.3, 0.4) is 0 Å². The van der Waals surface area contributed by atoms with Crippen molar-refractivity contribution in [3.05, 3.63) is 58.7 Å². The van der Waals surface area contributed by atoms with Gasteiger partial charge in [0.2, 0.25) is 10.0 Å². The number of carbonyl (C=O) groups is 1. The van der Waals surface area contributed by atoms with Crippen molar-refractivity contribution in [2.24, 2.45) is 5.73 Å². The van der Waals surface area contributed by atoms with Gasteiger partial charge in [-0.3, -0.25) is 0 Å². The molecule has 2 aromatic carbocycles. The number of hydrogen-bond donors (Lipinski definition) is 2. The van der Waals surface area contributed by atoms with Crippen molar-refractivity contribution >= 4 is 65.3 Å². The maximum Gasteiger partial charge on any atom is 0.357 e. The molecule has 0 saturated carbocycles. The predicted octanol–water partition coefficient (Wildman–Crippen LogP) is 2.48. The van der Waals surface area contributed by atoms with Gasteiger partial charge in [0, 0.05) is 22.9 Å². The van der Waals surface area contributed by atoms with Gasteiger partial charge in [0.1, 0.15) is 4.90 Å². The maximum atomic E-state index is 13.5. The fourth-order valence-electron chi connectivity index (χ4n) is 3.07. The standard InChI is InChI=1S/C19H20BrN3O6S2.ClH/c1-2-29-19(24)17-18(30(25,26)22-11-10-21)15-12-13(20)8-9-16(15)23(17)31(27,28)14-6-4-3-5-7-14;/h3-9,12,22H,2,10-11,21H2,1H3;1H. The number of ether oxygens (including phenoxy) is 1. The fraction of sp³-hybridized carbons (Fsp3) is 0.211. The SMILES string of the molecule is CCOC(=O)c1c(S(=O)(=O)NCCN)c2cc(Br)ccc2n1S(=O)(=O)c1ccccc1.Cl. The molecule has 0 spiro atoms. The zero-order chi connectivity index (χ0) is 22.8. The highest BCUT2D eigenvalue weighted by atomic mass is 79.9. The van der Waals surface area contributed by atoms with Gasteiger partial charge in [-0.05, 0) is 37.3 Å². The monoisotopic (exact) mass is 565 g/mol. The molecule has 0 saturated heterocycles. The van der Waals surface area contributed by atoms with Gasteiger partial charge in [0.15, 0.2) is 5.69 Å². The van der Waals surface area contributed by atoms with Crippen molar-refractivity contribution in [3.63, 3.8) is 0 Å². The number of nitrogens with two attached hydrogens (primary N) is 1. The molecule has 1 aromatic heterocycles. The molecule has 1 heterocycles. The molecule has 0 atom stereocenters. The van der Waals surface area contributed by atoms with E-state index in [0.717, 1.165) is 3.97 Å². The summed E-state index contributed by atoms with van der Waals surface area (Å²) in [6, 6.07) is 11.8.